The van der Waals surface area contributed by atoms with E-state index >= 15 is 0 Å². The summed E-state index contributed by atoms with van der Waals surface area (Å²) in [6, 6.07) is 26.3. The lowest BCUT2D eigenvalue weighted by molar-refractivity contribution is -0.155. The molecule has 0 heterocycles. The van der Waals surface area contributed by atoms with Crippen LogP contribution in [-0.4, -0.2) is 11.3 Å². The van der Waals surface area contributed by atoms with Crippen LogP contribution in [0.5, 0.6) is 23.0 Å². The number of benzene rings is 4. The molecule has 0 aliphatic rings. The van der Waals surface area contributed by atoms with Crippen LogP contribution in [0.15, 0.2) is 91.0 Å². The Morgan fingerprint density at radius 1 is 0.667 bits per heavy atom. The first kappa shape index (κ1) is 30.7. The second-order valence-corrected chi connectivity index (χ2v) is 12.2. The summed E-state index contributed by atoms with van der Waals surface area (Å²) in [6.45, 7) is 8.69. The van der Waals surface area contributed by atoms with Gasteiger partial charge in [-0.25, -0.2) is 13.8 Å². The molecule has 0 bridgehead atoms. The fourth-order valence-corrected chi connectivity index (χ4v) is 5.68. The summed E-state index contributed by atoms with van der Waals surface area (Å²) in [7, 11) is -5.43. The second-order valence-electron chi connectivity index (χ2n) is 9.82. The molecule has 0 saturated heterocycles. The topological polar surface area (TPSA) is 97.4 Å². The first-order valence-electron chi connectivity index (χ1n) is 13.2. The summed E-state index contributed by atoms with van der Waals surface area (Å²) < 4.78 is 54.9. The van der Waals surface area contributed by atoms with Crippen LogP contribution in [0.1, 0.15) is 34.7 Å². The predicted molar refractivity (Wildman–Crippen MR) is 161 cm³/mol. The number of rotatable bonds is 12. The Morgan fingerprint density at radius 3 is 1.79 bits per heavy atom. The lowest BCUT2D eigenvalue weighted by Crippen LogP contribution is -2.40. The van der Waals surface area contributed by atoms with Crippen LogP contribution >= 0.6 is 16.3 Å². The summed E-state index contributed by atoms with van der Waals surface area (Å²) in [5, 5.41) is -2.01. The van der Waals surface area contributed by atoms with E-state index in [1.54, 1.807) is 12.1 Å². The van der Waals surface area contributed by atoms with E-state index in [9.17, 15) is 13.9 Å². The molecule has 0 saturated carbocycles. The van der Waals surface area contributed by atoms with Crippen molar-refractivity contribution in [2.45, 2.75) is 46.6 Å². The maximum absolute atomic E-state index is 13.7. The van der Waals surface area contributed by atoms with Crippen molar-refractivity contribution in [2.75, 3.05) is 0 Å². The molecule has 4 aromatic carbocycles. The van der Waals surface area contributed by atoms with E-state index < -0.39 is 27.6 Å². The average Bonchev–Trinajstić information content (AvgIpc) is 2.96. The number of ether oxygens (including phenoxy) is 2. The van der Waals surface area contributed by atoms with Crippen molar-refractivity contribution in [3.8, 4) is 23.0 Å². The normalized spacial score (nSPS) is 12.9. The molecule has 0 spiro atoms. The molecule has 216 valence electrons. The molecule has 3 unspecified atom stereocenters. The standard InChI is InChI=1S/C32H32O8P2/c1-22-12-9-13-23(2)29(22)37-32(5,31(33)36-21-26-16-7-6-8-17-26)41(34)38-27-18-11-19-28(20-27)39-42(35)40-30-24(3)14-10-15-25(30)4/h6-20H,21H2,1-5H3/q+2. The Hall–Kier alpha value is -4.25. The molecule has 0 aromatic heterocycles. The molecule has 0 aliphatic heterocycles. The van der Waals surface area contributed by atoms with Gasteiger partial charge in [0.1, 0.15) is 12.4 Å². The number of esters is 1. The van der Waals surface area contributed by atoms with E-state index in [4.69, 9.17) is 23.0 Å². The summed E-state index contributed by atoms with van der Waals surface area (Å²) in [4.78, 5) is 13.4. The third-order valence-electron chi connectivity index (χ3n) is 6.40. The zero-order valence-electron chi connectivity index (χ0n) is 24.0. The predicted octanol–water partition coefficient (Wildman–Crippen LogP) is 8.70. The van der Waals surface area contributed by atoms with Crippen molar-refractivity contribution < 1.29 is 37.0 Å². The molecule has 0 N–H and O–H groups in total. The Morgan fingerprint density at radius 2 is 1.19 bits per heavy atom. The SMILES string of the molecule is Cc1cccc(C)c1O[P+](=O)Oc1cccc(O[P+](=O)C(C)(Oc2c(C)cccc2C)C(=O)OCc2ccccc2)c1. The number of para-hydroxylation sites is 2. The molecule has 4 rings (SSSR count). The maximum Gasteiger partial charge on any atom is 0.805 e. The lowest BCUT2D eigenvalue weighted by Gasteiger charge is -2.21. The minimum absolute atomic E-state index is 0.0364. The lowest BCUT2D eigenvalue weighted by atomic mass is 10.1. The van der Waals surface area contributed by atoms with Crippen molar-refractivity contribution in [3.63, 3.8) is 0 Å². The van der Waals surface area contributed by atoms with Crippen molar-refractivity contribution in [1.29, 1.82) is 0 Å². The minimum Gasteiger partial charge on any atom is -0.454 e. The fraction of sp³-hybridized carbons (Fsp3) is 0.219. The van der Waals surface area contributed by atoms with E-state index in [1.165, 1.54) is 19.1 Å². The highest BCUT2D eigenvalue weighted by molar-refractivity contribution is 7.42. The largest absolute Gasteiger partial charge is 0.805 e. The third kappa shape index (κ3) is 7.52. The van der Waals surface area contributed by atoms with Crippen molar-refractivity contribution >= 4 is 22.3 Å². The van der Waals surface area contributed by atoms with Gasteiger partial charge in [-0.1, -0.05) is 72.8 Å². The van der Waals surface area contributed by atoms with Gasteiger partial charge in [0.05, 0.1) is 0 Å². The molecule has 4 aromatic rings. The highest BCUT2D eigenvalue weighted by atomic mass is 31.1. The number of hydrogen-bond acceptors (Lipinski definition) is 8. The summed E-state index contributed by atoms with van der Waals surface area (Å²) >= 11 is 0. The Kier molecular flexibility index (Phi) is 9.95. The van der Waals surface area contributed by atoms with Gasteiger partial charge >= 0.3 is 27.6 Å². The molecule has 3 atom stereocenters. The van der Waals surface area contributed by atoms with E-state index in [0.717, 1.165) is 27.8 Å². The van der Waals surface area contributed by atoms with Crippen LogP contribution in [0, 0.1) is 27.7 Å². The van der Waals surface area contributed by atoms with Gasteiger partial charge in [0.25, 0.3) is 0 Å². The number of carbonyl (C=O) groups is 1. The first-order valence-corrected chi connectivity index (χ1v) is 15.5. The Labute approximate surface area is 247 Å². The van der Waals surface area contributed by atoms with Gasteiger partial charge in [0.2, 0.25) is 0 Å². The molecule has 0 aliphatic carbocycles. The van der Waals surface area contributed by atoms with Gasteiger partial charge in [-0.3, -0.25) is 4.52 Å². The maximum atomic E-state index is 13.7. The summed E-state index contributed by atoms with van der Waals surface area (Å²) in [6.07, 6.45) is 0. The molecule has 10 heteroatoms. The van der Waals surface area contributed by atoms with Gasteiger partial charge in [-0.05, 0) is 72.2 Å². The van der Waals surface area contributed by atoms with Crippen molar-refractivity contribution in [2.24, 2.45) is 0 Å². The van der Waals surface area contributed by atoms with Crippen LogP contribution in [0.3, 0.4) is 0 Å². The Balaban J connectivity index is 1.53. The van der Waals surface area contributed by atoms with Crippen LogP contribution in [0.25, 0.3) is 0 Å². The monoisotopic (exact) mass is 606 g/mol. The zero-order chi connectivity index (χ0) is 30.3. The van der Waals surface area contributed by atoms with Gasteiger partial charge in [-0.15, -0.1) is 0 Å². The average molecular weight is 607 g/mol. The molecular formula is C32H32O8P2+2. The molecule has 0 radical (unpaired) electrons. The first-order chi connectivity index (χ1) is 20.1. The molecule has 0 amide bonds. The third-order valence-corrected chi connectivity index (χ3v) is 8.44. The van der Waals surface area contributed by atoms with E-state index in [0.29, 0.717) is 11.5 Å². The minimum atomic E-state index is -2.86. The van der Waals surface area contributed by atoms with Gasteiger partial charge in [0, 0.05) is 17.6 Å². The smallest absolute Gasteiger partial charge is 0.454 e. The summed E-state index contributed by atoms with van der Waals surface area (Å²) in [5.74, 6) is 0.292. The molecule has 42 heavy (non-hydrogen) atoms. The molecule has 0 fully saturated rings. The fourth-order valence-electron chi connectivity index (χ4n) is 4.06. The highest BCUT2D eigenvalue weighted by Crippen LogP contribution is 2.45. The number of aryl methyl sites for hydroxylation is 4. The highest BCUT2D eigenvalue weighted by Gasteiger charge is 2.60. The van der Waals surface area contributed by atoms with Crippen molar-refractivity contribution in [3.05, 3.63) is 119 Å². The second kappa shape index (κ2) is 13.6. The molecule has 8 nitrogen and oxygen atoms in total. The van der Waals surface area contributed by atoms with Crippen LogP contribution < -0.4 is 18.3 Å². The number of hydrogen-bond donors (Lipinski definition) is 0. The number of carbonyl (C=O) groups excluding carboxylic acids is 1. The quantitative estimate of drug-likeness (QED) is 0.117. The van der Waals surface area contributed by atoms with Crippen molar-refractivity contribution in [1.82, 2.24) is 0 Å². The molecular weight excluding hydrogens is 574 g/mol. The van der Waals surface area contributed by atoms with Gasteiger partial charge < -0.3 is 9.47 Å². The zero-order valence-corrected chi connectivity index (χ0v) is 25.8. The van der Waals surface area contributed by atoms with Crippen LogP contribution in [0.4, 0.5) is 0 Å². The van der Waals surface area contributed by atoms with E-state index in [-0.39, 0.29) is 18.1 Å². The van der Waals surface area contributed by atoms with E-state index in [2.05, 4.69) is 0 Å². The van der Waals surface area contributed by atoms with Gasteiger partial charge in [-0.2, -0.15) is 0 Å². The van der Waals surface area contributed by atoms with Gasteiger partial charge in [0.15, 0.2) is 17.2 Å². The van der Waals surface area contributed by atoms with Crippen LogP contribution in [0.2, 0.25) is 0 Å². The summed E-state index contributed by atoms with van der Waals surface area (Å²) in [5.41, 5.74) is 3.90. The van der Waals surface area contributed by atoms with Crippen LogP contribution in [-0.2, 0) is 25.3 Å². The Bertz CT molecular complexity index is 1570. The van der Waals surface area contributed by atoms with E-state index in [1.807, 2.05) is 94.4 Å².